The molecule has 1 aromatic rings. The summed E-state index contributed by atoms with van der Waals surface area (Å²) in [6.45, 7) is 1.86. The van der Waals surface area contributed by atoms with Crippen molar-refractivity contribution in [3.05, 3.63) is 34.9 Å². The highest BCUT2D eigenvalue weighted by atomic mass is 16.4. The number of carboxylic acid groups (broad SMARTS) is 1. The van der Waals surface area contributed by atoms with E-state index >= 15 is 0 Å². The maximum atomic E-state index is 11.5. The first-order valence-corrected chi connectivity index (χ1v) is 4.50. The van der Waals surface area contributed by atoms with Crippen molar-refractivity contribution in [2.45, 2.75) is 13.3 Å². The van der Waals surface area contributed by atoms with Gasteiger partial charge >= 0.3 is 5.97 Å². The molecule has 1 atom stereocenters. The molecule has 1 aliphatic rings. The minimum atomic E-state index is -0.945. The average Bonchev–Trinajstić information content (AvgIpc) is 2.42. The molecule has 0 bridgehead atoms. The molecule has 0 amide bonds. The molecule has 1 aliphatic carbocycles. The lowest BCUT2D eigenvalue weighted by molar-refractivity contribution is 0.0696. The van der Waals surface area contributed by atoms with Gasteiger partial charge in [-0.25, -0.2) is 4.79 Å². The van der Waals surface area contributed by atoms with Crippen LogP contribution in [0, 0.1) is 5.92 Å². The van der Waals surface area contributed by atoms with E-state index in [4.69, 9.17) is 5.11 Å². The van der Waals surface area contributed by atoms with Crippen LogP contribution in [0.1, 0.15) is 33.2 Å². The fourth-order valence-corrected chi connectivity index (χ4v) is 1.82. The lowest BCUT2D eigenvalue weighted by Crippen LogP contribution is -2.02. The van der Waals surface area contributed by atoms with Gasteiger partial charge in [-0.2, -0.15) is 0 Å². The van der Waals surface area contributed by atoms with Gasteiger partial charge in [-0.3, -0.25) is 4.79 Å². The van der Waals surface area contributed by atoms with Gasteiger partial charge in [-0.05, 0) is 24.1 Å². The Bertz CT molecular complexity index is 421. The lowest BCUT2D eigenvalue weighted by Gasteiger charge is -1.98. The Morgan fingerprint density at radius 3 is 2.86 bits per heavy atom. The third-order valence-corrected chi connectivity index (χ3v) is 2.59. The highest BCUT2D eigenvalue weighted by Gasteiger charge is 2.27. The molecular weight excluding hydrogens is 180 g/mol. The van der Waals surface area contributed by atoms with Crippen LogP contribution in [0.4, 0.5) is 0 Å². The number of carbonyl (C=O) groups is 2. The van der Waals surface area contributed by atoms with Gasteiger partial charge < -0.3 is 5.11 Å². The van der Waals surface area contributed by atoms with Crippen molar-refractivity contribution in [1.82, 2.24) is 0 Å². The number of carbonyl (C=O) groups excluding carboxylic acids is 1. The molecule has 72 valence electrons. The van der Waals surface area contributed by atoms with Crippen LogP contribution >= 0.6 is 0 Å². The fraction of sp³-hybridized carbons (Fsp3) is 0.273. The molecule has 0 saturated heterocycles. The number of benzene rings is 1. The zero-order chi connectivity index (χ0) is 10.3. The molecule has 0 fully saturated rings. The monoisotopic (exact) mass is 190 g/mol. The summed E-state index contributed by atoms with van der Waals surface area (Å²) in [6, 6.07) is 4.70. The van der Waals surface area contributed by atoms with E-state index in [1.165, 1.54) is 6.07 Å². The molecular formula is C11H10O3. The zero-order valence-electron chi connectivity index (χ0n) is 7.78. The second-order valence-electron chi connectivity index (χ2n) is 3.65. The summed E-state index contributed by atoms with van der Waals surface area (Å²) in [4.78, 5) is 22.2. The van der Waals surface area contributed by atoms with Crippen molar-refractivity contribution >= 4 is 11.8 Å². The predicted octanol–water partition coefficient (Wildman–Crippen LogP) is 1.76. The number of fused-ring (bicyclic) bond motifs is 1. The van der Waals surface area contributed by atoms with Crippen LogP contribution in [0.15, 0.2) is 18.2 Å². The second-order valence-corrected chi connectivity index (χ2v) is 3.65. The lowest BCUT2D eigenvalue weighted by atomic mass is 10.1. The Kier molecular flexibility index (Phi) is 1.88. The summed E-state index contributed by atoms with van der Waals surface area (Å²) >= 11 is 0. The van der Waals surface area contributed by atoms with E-state index in [1.807, 2.05) is 6.92 Å². The second kappa shape index (κ2) is 2.94. The van der Waals surface area contributed by atoms with Gasteiger partial charge in [0.25, 0.3) is 0 Å². The molecule has 1 unspecified atom stereocenters. The van der Waals surface area contributed by atoms with E-state index in [1.54, 1.807) is 12.1 Å². The number of rotatable bonds is 1. The van der Waals surface area contributed by atoms with Gasteiger partial charge in [0, 0.05) is 11.5 Å². The van der Waals surface area contributed by atoms with Gasteiger partial charge in [-0.15, -0.1) is 0 Å². The van der Waals surface area contributed by atoms with Crippen LogP contribution in [0.5, 0.6) is 0 Å². The van der Waals surface area contributed by atoms with E-state index in [2.05, 4.69) is 0 Å². The topological polar surface area (TPSA) is 54.4 Å². The molecule has 3 nitrogen and oxygen atoms in total. The minimum Gasteiger partial charge on any atom is -0.478 e. The Morgan fingerprint density at radius 1 is 1.50 bits per heavy atom. The van der Waals surface area contributed by atoms with Crippen LogP contribution in [0.3, 0.4) is 0 Å². The van der Waals surface area contributed by atoms with Gasteiger partial charge in [0.15, 0.2) is 5.78 Å². The van der Waals surface area contributed by atoms with Crippen molar-refractivity contribution in [3.8, 4) is 0 Å². The standard InChI is InChI=1S/C11H10O3/c1-6-4-8-5-7(11(13)14)2-3-9(8)10(6)12/h2-3,5-6H,4H2,1H3,(H,13,14). The number of hydrogen-bond acceptors (Lipinski definition) is 2. The largest absolute Gasteiger partial charge is 0.478 e. The van der Waals surface area contributed by atoms with E-state index in [-0.39, 0.29) is 17.3 Å². The molecule has 0 heterocycles. The highest BCUT2D eigenvalue weighted by molar-refractivity contribution is 6.03. The molecule has 1 N–H and O–H groups in total. The Balaban J connectivity index is 2.49. The smallest absolute Gasteiger partial charge is 0.335 e. The summed E-state index contributed by atoms with van der Waals surface area (Å²) in [5.41, 5.74) is 1.80. The first kappa shape index (κ1) is 8.94. The number of ketones is 1. The van der Waals surface area contributed by atoms with E-state index < -0.39 is 5.97 Å². The van der Waals surface area contributed by atoms with Crippen molar-refractivity contribution in [2.75, 3.05) is 0 Å². The van der Waals surface area contributed by atoms with Crippen LogP contribution in [-0.4, -0.2) is 16.9 Å². The number of hydrogen-bond donors (Lipinski definition) is 1. The van der Waals surface area contributed by atoms with Crippen molar-refractivity contribution in [3.63, 3.8) is 0 Å². The summed E-state index contributed by atoms with van der Waals surface area (Å²) in [6.07, 6.45) is 0.662. The zero-order valence-corrected chi connectivity index (χ0v) is 7.78. The number of aromatic carboxylic acids is 1. The molecule has 14 heavy (non-hydrogen) atoms. The summed E-state index contributed by atoms with van der Waals surface area (Å²) in [5, 5.41) is 8.76. The van der Waals surface area contributed by atoms with Gasteiger partial charge in [0.05, 0.1) is 5.56 Å². The predicted molar refractivity (Wildman–Crippen MR) is 50.6 cm³/mol. The Hall–Kier alpha value is -1.64. The maximum Gasteiger partial charge on any atom is 0.335 e. The SMILES string of the molecule is CC1Cc2cc(C(=O)O)ccc2C1=O. The fourth-order valence-electron chi connectivity index (χ4n) is 1.82. The Labute approximate surface area is 81.4 Å². The van der Waals surface area contributed by atoms with E-state index in [9.17, 15) is 9.59 Å². The molecule has 0 aromatic heterocycles. The molecule has 2 rings (SSSR count). The number of carboxylic acids is 1. The molecule has 1 aromatic carbocycles. The third kappa shape index (κ3) is 1.21. The summed E-state index contributed by atoms with van der Waals surface area (Å²) in [7, 11) is 0. The quantitative estimate of drug-likeness (QED) is 0.734. The molecule has 0 spiro atoms. The van der Waals surface area contributed by atoms with Crippen LogP contribution in [-0.2, 0) is 6.42 Å². The van der Waals surface area contributed by atoms with Gasteiger partial charge in [0.2, 0.25) is 0 Å². The third-order valence-electron chi connectivity index (χ3n) is 2.59. The van der Waals surface area contributed by atoms with Crippen molar-refractivity contribution < 1.29 is 14.7 Å². The normalized spacial score (nSPS) is 19.5. The van der Waals surface area contributed by atoms with Gasteiger partial charge in [-0.1, -0.05) is 13.0 Å². The van der Waals surface area contributed by atoms with Gasteiger partial charge in [0.1, 0.15) is 0 Å². The summed E-state index contributed by atoms with van der Waals surface area (Å²) in [5.74, 6) is -0.828. The van der Waals surface area contributed by atoms with Crippen LogP contribution in [0.25, 0.3) is 0 Å². The average molecular weight is 190 g/mol. The van der Waals surface area contributed by atoms with Crippen molar-refractivity contribution in [2.24, 2.45) is 5.92 Å². The molecule has 0 radical (unpaired) electrons. The highest BCUT2D eigenvalue weighted by Crippen LogP contribution is 2.27. The molecule has 0 aliphatic heterocycles. The van der Waals surface area contributed by atoms with Crippen LogP contribution < -0.4 is 0 Å². The Morgan fingerprint density at radius 2 is 2.21 bits per heavy atom. The van der Waals surface area contributed by atoms with Crippen molar-refractivity contribution in [1.29, 1.82) is 0 Å². The first-order chi connectivity index (χ1) is 6.59. The van der Waals surface area contributed by atoms with Crippen LogP contribution in [0.2, 0.25) is 0 Å². The van der Waals surface area contributed by atoms with E-state index in [0.29, 0.717) is 12.0 Å². The molecule has 3 heteroatoms. The first-order valence-electron chi connectivity index (χ1n) is 4.50. The number of Topliss-reactive ketones (excluding diaryl/α,β-unsaturated/α-hetero) is 1. The van der Waals surface area contributed by atoms with E-state index in [0.717, 1.165) is 5.56 Å². The molecule has 0 saturated carbocycles. The minimum absolute atomic E-state index is 0.00551. The summed E-state index contributed by atoms with van der Waals surface area (Å²) < 4.78 is 0. The maximum absolute atomic E-state index is 11.5.